The van der Waals surface area contributed by atoms with Gasteiger partial charge in [0.1, 0.15) is 0 Å². The zero-order valence-corrected chi connectivity index (χ0v) is 18.6. The van der Waals surface area contributed by atoms with Crippen LogP contribution in [0, 0.1) is 0 Å². The highest BCUT2D eigenvalue weighted by Gasteiger charge is 2.46. The van der Waals surface area contributed by atoms with Crippen molar-refractivity contribution in [3.05, 3.63) is 68.7 Å². The molecular weight excluding hydrogens is 459 g/mol. The standard InChI is InChI=1S/C19H17Cl3N2O2S2/c20-14-4-1-12(2-5-14)8-24-18-11-28(25,26)10-17(18)23-19(24)27-9-13-3-6-15(21)7-16(13)22/h1-7,17-18H,8-11H2/t17-,18+/m0/s1. The molecule has 2 atom stereocenters. The normalized spacial score (nSPS) is 23.0. The van der Waals surface area contributed by atoms with E-state index in [1.807, 2.05) is 36.4 Å². The Kier molecular flexibility index (Phi) is 5.87. The van der Waals surface area contributed by atoms with E-state index >= 15 is 0 Å². The number of aliphatic imine (C=N–C) groups is 1. The van der Waals surface area contributed by atoms with Crippen LogP contribution >= 0.6 is 46.6 Å². The zero-order valence-electron chi connectivity index (χ0n) is 14.7. The Morgan fingerprint density at radius 2 is 1.75 bits per heavy atom. The van der Waals surface area contributed by atoms with Gasteiger partial charge in [-0.1, -0.05) is 64.8 Å². The van der Waals surface area contributed by atoms with Crippen LogP contribution in [0.25, 0.3) is 0 Å². The molecule has 2 aliphatic rings. The summed E-state index contributed by atoms with van der Waals surface area (Å²) in [6.45, 7) is 0.591. The third-order valence-corrected chi connectivity index (χ3v) is 8.45. The highest BCUT2D eigenvalue weighted by atomic mass is 35.5. The van der Waals surface area contributed by atoms with Crippen LogP contribution in [0.5, 0.6) is 0 Å². The molecule has 0 radical (unpaired) electrons. The van der Waals surface area contributed by atoms with E-state index in [-0.39, 0.29) is 23.6 Å². The number of fused-ring (bicyclic) bond motifs is 1. The van der Waals surface area contributed by atoms with Crippen molar-refractivity contribution in [2.75, 3.05) is 11.5 Å². The summed E-state index contributed by atoms with van der Waals surface area (Å²) in [6.07, 6.45) is 0. The molecule has 0 bridgehead atoms. The number of hydrogen-bond donors (Lipinski definition) is 0. The molecule has 0 aliphatic carbocycles. The second-order valence-corrected chi connectivity index (χ2v) is 11.3. The van der Waals surface area contributed by atoms with Gasteiger partial charge in [0, 0.05) is 27.4 Å². The average Bonchev–Trinajstić information content (AvgIpc) is 3.08. The average molecular weight is 476 g/mol. The summed E-state index contributed by atoms with van der Waals surface area (Å²) in [5.74, 6) is 0.888. The quantitative estimate of drug-likeness (QED) is 0.630. The Bertz CT molecular complexity index is 1030. The second kappa shape index (κ2) is 8.07. The molecule has 148 valence electrons. The lowest BCUT2D eigenvalue weighted by molar-refractivity contribution is 0.343. The van der Waals surface area contributed by atoms with Gasteiger partial charge in [-0.05, 0) is 35.4 Å². The maximum Gasteiger partial charge on any atom is 0.160 e. The van der Waals surface area contributed by atoms with Crippen LogP contribution in [0.4, 0.5) is 0 Å². The molecule has 1 saturated heterocycles. The summed E-state index contributed by atoms with van der Waals surface area (Å²) in [4.78, 5) is 6.84. The molecule has 0 unspecified atom stereocenters. The molecule has 0 N–H and O–H groups in total. The van der Waals surface area contributed by atoms with E-state index in [4.69, 9.17) is 39.8 Å². The Balaban J connectivity index is 1.55. The van der Waals surface area contributed by atoms with Crippen molar-refractivity contribution in [1.82, 2.24) is 4.90 Å². The lowest BCUT2D eigenvalue weighted by atomic mass is 10.1. The molecule has 4 nitrogen and oxygen atoms in total. The number of hydrogen-bond acceptors (Lipinski definition) is 5. The van der Waals surface area contributed by atoms with Crippen molar-refractivity contribution in [3.63, 3.8) is 0 Å². The largest absolute Gasteiger partial charge is 0.341 e. The van der Waals surface area contributed by atoms with E-state index in [1.165, 1.54) is 0 Å². The van der Waals surface area contributed by atoms with E-state index in [2.05, 4.69) is 4.90 Å². The summed E-state index contributed by atoms with van der Waals surface area (Å²) in [5.41, 5.74) is 2.03. The monoisotopic (exact) mass is 474 g/mol. The topological polar surface area (TPSA) is 49.7 Å². The van der Waals surface area contributed by atoms with Crippen LogP contribution in [-0.4, -0.2) is 42.1 Å². The van der Waals surface area contributed by atoms with E-state index in [9.17, 15) is 8.42 Å². The first-order chi connectivity index (χ1) is 13.3. The molecular formula is C19H17Cl3N2O2S2. The first-order valence-electron chi connectivity index (χ1n) is 8.67. The molecule has 1 fully saturated rings. The van der Waals surface area contributed by atoms with Gasteiger partial charge in [-0.3, -0.25) is 4.99 Å². The molecule has 2 aromatic rings. The molecule has 2 heterocycles. The van der Waals surface area contributed by atoms with Gasteiger partial charge in [0.2, 0.25) is 0 Å². The molecule has 2 aromatic carbocycles. The molecule has 0 aromatic heterocycles. The smallest absolute Gasteiger partial charge is 0.160 e. The van der Waals surface area contributed by atoms with E-state index < -0.39 is 9.84 Å². The maximum atomic E-state index is 12.1. The van der Waals surface area contributed by atoms with Crippen molar-refractivity contribution < 1.29 is 8.42 Å². The minimum absolute atomic E-state index is 0.112. The SMILES string of the molecule is O=S1(=O)C[C@@H]2N=C(SCc3ccc(Cl)cc3Cl)N(Cc3ccc(Cl)cc3)[C@@H]2C1. The highest BCUT2D eigenvalue weighted by Crippen LogP contribution is 2.34. The van der Waals surface area contributed by atoms with Gasteiger partial charge in [-0.25, -0.2) is 8.42 Å². The van der Waals surface area contributed by atoms with Crippen LogP contribution in [0.15, 0.2) is 47.5 Å². The summed E-state index contributed by atoms with van der Waals surface area (Å²) in [7, 11) is -3.05. The van der Waals surface area contributed by atoms with Crippen molar-refractivity contribution in [3.8, 4) is 0 Å². The Labute approximate surface area is 183 Å². The van der Waals surface area contributed by atoms with Crippen LogP contribution in [-0.2, 0) is 22.1 Å². The summed E-state index contributed by atoms with van der Waals surface area (Å²) < 4.78 is 24.2. The van der Waals surface area contributed by atoms with Gasteiger partial charge in [0.25, 0.3) is 0 Å². The predicted molar refractivity (Wildman–Crippen MR) is 118 cm³/mol. The minimum atomic E-state index is -3.05. The first-order valence-corrected chi connectivity index (χ1v) is 12.6. The van der Waals surface area contributed by atoms with Crippen molar-refractivity contribution in [2.45, 2.75) is 24.4 Å². The third kappa shape index (κ3) is 4.46. The van der Waals surface area contributed by atoms with Crippen molar-refractivity contribution >= 4 is 61.6 Å². The number of thioether (sulfide) groups is 1. The predicted octanol–water partition coefficient (Wildman–Crippen LogP) is 4.92. The summed E-state index contributed by atoms with van der Waals surface area (Å²) in [6, 6.07) is 12.7. The molecule has 0 amide bonds. The number of rotatable bonds is 4. The number of nitrogens with zero attached hydrogens (tertiary/aromatic N) is 2. The van der Waals surface area contributed by atoms with Gasteiger partial charge in [0.15, 0.2) is 15.0 Å². The van der Waals surface area contributed by atoms with Gasteiger partial charge in [0.05, 0.1) is 23.6 Å². The van der Waals surface area contributed by atoms with Crippen LogP contribution in [0.2, 0.25) is 15.1 Å². The fraction of sp³-hybridized carbons (Fsp3) is 0.316. The zero-order chi connectivity index (χ0) is 19.9. The molecule has 0 spiro atoms. The molecule has 4 rings (SSSR count). The summed E-state index contributed by atoms with van der Waals surface area (Å²) >= 11 is 19.8. The number of halogens is 3. The molecule has 2 aliphatic heterocycles. The summed E-state index contributed by atoms with van der Waals surface area (Å²) in [5, 5.41) is 2.74. The van der Waals surface area contributed by atoms with Crippen LogP contribution in [0.3, 0.4) is 0 Å². The van der Waals surface area contributed by atoms with Crippen LogP contribution < -0.4 is 0 Å². The third-order valence-electron chi connectivity index (χ3n) is 4.85. The van der Waals surface area contributed by atoms with Gasteiger partial charge in [-0.2, -0.15) is 0 Å². The van der Waals surface area contributed by atoms with E-state index in [0.29, 0.717) is 27.4 Å². The first kappa shape index (κ1) is 20.4. The van der Waals surface area contributed by atoms with Gasteiger partial charge >= 0.3 is 0 Å². The maximum absolute atomic E-state index is 12.1. The minimum Gasteiger partial charge on any atom is -0.341 e. The van der Waals surface area contributed by atoms with Gasteiger partial charge < -0.3 is 4.90 Å². The Hall–Kier alpha value is -0.920. The molecule has 9 heteroatoms. The van der Waals surface area contributed by atoms with Crippen molar-refractivity contribution in [1.29, 1.82) is 0 Å². The highest BCUT2D eigenvalue weighted by molar-refractivity contribution is 8.13. The van der Waals surface area contributed by atoms with Gasteiger partial charge in [-0.15, -0.1) is 0 Å². The van der Waals surface area contributed by atoms with E-state index in [1.54, 1.807) is 17.8 Å². The Morgan fingerprint density at radius 3 is 2.46 bits per heavy atom. The van der Waals surface area contributed by atoms with Crippen molar-refractivity contribution in [2.24, 2.45) is 4.99 Å². The fourth-order valence-corrected chi connectivity index (χ4v) is 7.13. The molecule has 28 heavy (non-hydrogen) atoms. The number of sulfone groups is 1. The number of amidine groups is 1. The number of benzene rings is 2. The Morgan fingerprint density at radius 1 is 1.04 bits per heavy atom. The second-order valence-electron chi connectivity index (χ2n) is 6.90. The van der Waals surface area contributed by atoms with E-state index in [0.717, 1.165) is 16.3 Å². The lowest BCUT2D eigenvalue weighted by Gasteiger charge is -2.26. The lowest BCUT2D eigenvalue weighted by Crippen LogP contribution is -2.38. The fourth-order valence-electron chi connectivity index (χ4n) is 3.46. The molecule has 0 saturated carbocycles. The van der Waals surface area contributed by atoms with Crippen LogP contribution in [0.1, 0.15) is 11.1 Å².